The molecule has 2 aromatic rings. The minimum atomic E-state index is 0.555. The fourth-order valence-electron chi connectivity index (χ4n) is 1.88. The van der Waals surface area contributed by atoms with Crippen LogP contribution in [0.1, 0.15) is 23.6 Å². The largest absolute Gasteiger partial charge is 0.489 e. The summed E-state index contributed by atoms with van der Waals surface area (Å²) in [6.45, 7) is 6.54. The van der Waals surface area contributed by atoms with Crippen LogP contribution in [0, 0.1) is 6.92 Å². The molecule has 3 heteroatoms. The van der Waals surface area contributed by atoms with E-state index in [1.165, 1.54) is 5.56 Å². The molecule has 3 nitrogen and oxygen atoms in total. The van der Waals surface area contributed by atoms with Gasteiger partial charge in [-0.1, -0.05) is 19.1 Å². The molecule has 1 aromatic carbocycles. The van der Waals surface area contributed by atoms with Crippen LogP contribution in [-0.4, -0.2) is 11.5 Å². The van der Waals surface area contributed by atoms with Gasteiger partial charge in [-0.3, -0.25) is 4.98 Å². The smallest absolute Gasteiger partial charge is 0.120 e. The van der Waals surface area contributed by atoms with Crippen LogP contribution < -0.4 is 10.1 Å². The molecule has 0 amide bonds. The van der Waals surface area contributed by atoms with Gasteiger partial charge >= 0.3 is 0 Å². The van der Waals surface area contributed by atoms with Crippen molar-refractivity contribution in [3.05, 3.63) is 59.4 Å². The molecule has 0 radical (unpaired) electrons. The summed E-state index contributed by atoms with van der Waals surface area (Å²) in [6, 6.07) is 10.3. The second-order valence-corrected chi connectivity index (χ2v) is 4.59. The lowest BCUT2D eigenvalue weighted by atomic mass is 10.2. The number of rotatable bonds is 6. The van der Waals surface area contributed by atoms with Gasteiger partial charge < -0.3 is 10.1 Å². The third-order valence-electron chi connectivity index (χ3n) is 2.81. The Bertz CT molecular complexity index is 526. The van der Waals surface area contributed by atoms with Gasteiger partial charge in [0.2, 0.25) is 0 Å². The molecular formula is C16H20N2O. The van der Waals surface area contributed by atoms with Crippen LogP contribution in [-0.2, 0) is 13.2 Å². The summed E-state index contributed by atoms with van der Waals surface area (Å²) in [6.07, 6.45) is 3.69. The van der Waals surface area contributed by atoms with Crippen LogP contribution in [0.3, 0.4) is 0 Å². The molecule has 0 atom stereocenters. The van der Waals surface area contributed by atoms with E-state index in [4.69, 9.17) is 4.74 Å². The van der Waals surface area contributed by atoms with Crippen LogP contribution in [0.2, 0.25) is 0 Å². The Hall–Kier alpha value is -1.87. The van der Waals surface area contributed by atoms with Crippen molar-refractivity contribution in [2.24, 2.45) is 0 Å². The zero-order valence-corrected chi connectivity index (χ0v) is 11.5. The van der Waals surface area contributed by atoms with Crippen LogP contribution in [0.15, 0.2) is 42.7 Å². The maximum absolute atomic E-state index is 5.80. The monoisotopic (exact) mass is 256 g/mol. The van der Waals surface area contributed by atoms with Gasteiger partial charge in [-0.05, 0) is 42.8 Å². The SMILES string of the molecule is CCNCc1cccc(OCc2cncc(C)c2)c1. The second kappa shape index (κ2) is 6.90. The Labute approximate surface area is 114 Å². The quantitative estimate of drug-likeness (QED) is 0.862. The van der Waals surface area contributed by atoms with Crippen LogP contribution >= 0.6 is 0 Å². The summed E-state index contributed by atoms with van der Waals surface area (Å²) in [5, 5.41) is 3.31. The van der Waals surface area contributed by atoms with Gasteiger partial charge in [0, 0.05) is 24.5 Å². The standard InChI is InChI=1S/C16H20N2O/c1-3-17-10-14-5-4-6-16(8-14)19-12-15-7-13(2)9-18-11-15/h4-9,11,17H,3,10,12H2,1-2H3. The highest BCUT2D eigenvalue weighted by atomic mass is 16.5. The maximum atomic E-state index is 5.80. The summed E-state index contributed by atoms with van der Waals surface area (Å²) in [7, 11) is 0. The predicted octanol–water partition coefficient (Wildman–Crippen LogP) is 3.08. The van der Waals surface area contributed by atoms with E-state index in [1.54, 1.807) is 0 Å². The summed E-state index contributed by atoms with van der Waals surface area (Å²) in [4.78, 5) is 4.16. The van der Waals surface area contributed by atoms with E-state index < -0.39 is 0 Å². The topological polar surface area (TPSA) is 34.1 Å². The molecule has 1 N–H and O–H groups in total. The molecule has 0 aliphatic carbocycles. The second-order valence-electron chi connectivity index (χ2n) is 4.59. The lowest BCUT2D eigenvalue weighted by molar-refractivity contribution is 0.305. The van der Waals surface area contributed by atoms with Gasteiger partial charge in [-0.2, -0.15) is 0 Å². The highest BCUT2D eigenvalue weighted by Gasteiger charge is 1.99. The van der Waals surface area contributed by atoms with Gasteiger partial charge in [0.1, 0.15) is 12.4 Å². The van der Waals surface area contributed by atoms with Crippen molar-refractivity contribution in [1.82, 2.24) is 10.3 Å². The third-order valence-corrected chi connectivity index (χ3v) is 2.81. The number of pyridine rings is 1. The number of nitrogens with zero attached hydrogens (tertiary/aromatic N) is 1. The van der Waals surface area contributed by atoms with E-state index in [-0.39, 0.29) is 0 Å². The van der Waals surface area contributed by atoms with Crippen LogP contribution in [0.4, 0.5) is 0 Å². The van der Waals surface area contributed by atoms with Gasteiger partial charge in [-0.15, -0.1) is 0 Å². The highest BCUT2D eigenvalue weighted by molar-refractivity contribution is 5.29. The first-order chi connectivity index (χ1) is 9.28. The molecule has 0 aliphatic rings. The van der Waals surface area contributed by atoms with E-state index >= 15 is 0 Å². The fraction of sp³-hybridized carbons (Fsp3) is 0.312. The fourth-order valence-corrected chi connectivity index (χ4v) is 1.88. The lowest BCUT2D eigenvalue weighted by Crippen LogP contribution is -2.11. The van der Waals surface area contributed by atoms with Crippen molar-refractivity contribution in [1.29, 1.82) is 0 Å². The van der Waals surface area contributed by atoms with E-state index in [0.29, 0.717) is 6.61 Å². The average molecular weight is 256 g/mol. The Balaban J connectivity index is 1.95. The number of hydrogen-bond acceptors (Lipinski definition) is 3. The Kier molecular flexibility index (Phi) is 4.93. The maximum Gasteiger partial charge on any atom is 0.120 e. The van der Waals surface area contributed by atoms with Crippen molar-refractivity contribution in [2.75, 3.05) is 6.54 Å². The molecule has 0 spiro atoms. The molecule has 0 bridgehead atoms. The molecule has 0 unspecified atom stereocenters. The first-order valence-electron chi connectivity index (χ1n) is 6.61. The Morgan fingerprint density at radius 1 is 1.16 bits per heavy atom. The van der Waals surface area contributed by atoms with Crippen molar-refractivity contribution < 1.29 is 4.74 Å². The Morgan fingerprint density at radius 2 is 2.05 bits per heavy atom. The summed E-state index contributed by atoms with van der Waals surface area (Å²) in [5.41, 5.74) is 3.49. The molecule has 0 aliphatic heterocycles. The molecule has 1 heterocycles. The summed E-state index contributed by atoms with van der Waals surface area (Å²) in [5.74, 6) is 0.900. The lowest BCUT2D eigenvalue weighted by Gasteiger charge is -2.08. The Morgan fingerprint density at radius 3 is 2.84 bits per heavy atom. The molecular weight excluding hydrogens is 236 g/mol. The summed E-state index contributed by atoms with van der Waals surface area (Å²) < 4.78 is 5.80. The molecule has 0 saturated heterocycles. The first kappa shape index (κ1) is 13.6. The van der Waals surface area contributed by atoms with Gasteiger partial charge in [0.05, 0.1) is 0 Å². The van der Waals surface area contributed by atoms with Crippen molar-refractivity contribution in [3.63, 3.8) is 0 Å². The van der Waals surface area contributed by atoms with E-state index in [1.807, 2.05) is 31.5 Å². The minimum Gasteiger partial charge on any atom is -0.489 e. The van der Waals surface area contributed by atoms with Gasteiger partial charge in [0.25, 0.3) is 0 Å². The molecule has 0 saturated carbocycles. The van der Waals surface area contributed by atoms with Gasteiger partial charge in [-0.25, -0.2) is 0 Å². The number of aromatic nitrogens is 1. The number of ether oxygens (including phenoxy) is 1. The predicted molar refractivity (Wildman–Crippen MR) is 77.1 cm³/mol. The van der Waals surface area contributed by atoms with Crippen molar-refractivity contribution in [2.45, 2.75) is 27.0 Å². The third kappa shape index (κ3) is 4.38. The molecule has 2 rings (SSSR count). The van der Waals surface area contributed by atoms with Gasteiger partial charge in [0.15, 0.2) is 0 Å². The average Bonchev–Trinajstić information content (AvgIpc) is 2.43. The zero-order valence-electron chi connectivity index (χ0n) is 11.5. The molecule has 1 aromatic heterocycles. The van der Waals surface area contributed by atoms with Crippen molar-refractivity contribution in [3.8, 4) is 5.75 Å². The number of nitrogens with one attached hydrogen (secondary N) is 1. The van der Waals surface area contributed by atoms with Crippen LogP contribution in [0.5, 0.6) is 5.75 Å². The van der Waals surface area contributed by atoms with E-state index in [9.17, 15) is 0 Å². The molecule has 0 fully saturated rings. The highest BCUT2D eigenvalue weighted by Crippen LogP contribution is 2.15. The molecule has 19 heavy (non-hydrogen) atoms. The van der Waals surface area contributed by atoms with Crippen LogP contribution in [0.25, 0.3) is 0 Å². The molecule has 100 valence electrons. The number of hydrogen-bond donors (Lipinski definition) is 1. The van der Waals surface area contributed by atoms with Crippen molar-refractivity contribution >= 4 is 0 Å². The van der Waals surface area contributed by atoms with E-state index in [0.717, 1.165) is 30.0 Å². The minimum absolute atomic E-state index is 0.555. The zero-order chi connectivity index (χ0) is 13.5. The summed E-state index contributed by atoms with van der Waals surface area (Å²) >= 11 is 0. The first-order valence-corrected chi connectivity index (χ1v) is 6.61. The number of benzene rings is 1. The van der Waals surface area contributed by atoms with E-state index in [2.05, 4.69) is 35.4 Å². The number of aryl methyl sites for hydroxylation is 1. The normalized spacial score (nSPS) is 10.4.